The van der Waals surface area contributed by atoms with Crippen LogP contribution in [0, 0.1) is 0 Å². The Morgan fingerprint density at radius 3 is 2.36 bits per heavy atom. The lowest BCUT2D eigenvalue weighted by atomic mass is 10.00. The van der Waals surface area contributed by atoms with E-state index in [4.69, 9.17) is 16.3 Å². The third-order valence-corrected chi connectivity index (χ3v) is 4.65. The van der Waals surface area contributed by atoms with Gasteiger partial charge in [-0.3, -0.25) is 0 Å². The first-order chi connectivity index (χ1) is 10.7. The van der Waals surface area contributed by atoms with Gasteiger partial charge in [0.25, 0.3) is 0 Å². The van der Waals surface area contributed by atoms with E-state index in [2.05, 4.69) is 42.3 Å². The predicted molar refractivity (Wildman–Crippen MR) is 92.2 cm³/mol. The van der Waals surface area contributed by atoms with Gasteiger partial charge in [-0.1, -0.05) is 54.1 Å². The molecule has 0 N–H and O–H groups in total. The van der Waals surface area contributed by atoms with Crippen molar-refractivity contribution in [3.63, 3.8) is 0 Å². The van der Waals surface area contributed by atoms with E-state index < -0.39 is 0 Å². The Kier molecular flexibility index (Phi) is 5.14. The number of nitrogens with zero attached hydrogens (tertiary/aromatic N) is 1. The predicted octanol–water partition coefficient (Wildman–Crippen LogP) is 4.62. The number of halogens is 1. The van der Waals surface area contributed by atoms with Crippen LogP contribution in [0.5, 0.6) is 0 Å². The molecule has 0 spiro atoms. The van der Waals surface area contributed by atoms with Crippen molar-refractivity contribution in [1.82, 2.24) is 4.90 Å². The molecule has 1 saturated heterocycles. The molecule has 0 aliphatic carbocycles. The first kappa shape index (κ1) is 15.5. The van der Waals surface area contributed by atoms with E-state index in [1.165, 1.54) is 11.1 Å². The van der Waals surface area contributed by atoms with Crippen LogP contribution in [-0.4, -0.2) is 31.1 Å². The topological polar surface area (TPSA) is 12.5 Å². The van der Waals surface area contributed by atoms with Crippen LogP contribution in [0.3, 0.4) is 0 Å². The van der Waals surface area contributed by atoms with Gasteiger partial charge in [-0.05, 0) is 37.1 Å². The zero-order valence-corrected chi connectivity index (χ0v) is 13.7. The Hall–Kier alpha value is -1.35. The number of ether oxygens (including phenoxy) is 1. The molecule has 0 atom stereocenters. The van der Waals surface area contributed by atoms with Crippen molar-refractivity contribution in [2.24, 2.45) is 0 Å². The molecule has 1 fully saturated rings. The highest BCUT2D eigenvalue weighted by Gasteiger charge is 2.17. The zero-order valence-electron chi connectivity index (χ0n) is 13.0. The minimum atomic E-state index is 0.371. The summed E-state index contributed by atoms with van der Waals surface area (Å²) in [7, 11) is 2.17. The summed E-state index contributed by atoms with van der Waals surface area (Å²) >= 11 is 6.35. The van der Waals surface area contributed by atoms with Crippen LogP contribution < -0.4 is 0 Å². The van der Waals surface area contributed by atoms with Crippen molar-refractivity contribution in [2.75, 3.05) is 20.1 Å². The molecular formula is C19H22ClNO. The molecule has 2 aromatic rings. The average molecular weight is 316 g/mol. The number of benzene rings is 2. The first-order valence-corrected chi connectivity index (χ1v) is 8.25. The lowest BCUT2D eigenvalue weighted by molar-refractivity contribution is 0.00232. The number of hydrogen-bond donors (Lipinski definition) is 0. The van der Waals surface area contributed by atoms with Crippen LogP contribution in [0.4, 0.5) is 0 Å². The van der Waals surface area contributed by atoms with Crippen molar-refractivity contribution >= 4 is 11.6 Å². The highest BCUT2D eigenvalue weighted by Crippen LogP contribution is 2.31. The zero-order chi connectivity index (χ0) is 15.4. The standard InChI is InChI=1S/C19H22ClNO/c1-21-12-10-16(11-13-21)22-14-15-6-2-3-7-17(15)18-8-4-5-9-19(18)20/h2-9,16H,10-14H2,1H3. The Morgan fingerprint density at radius 2 is 1.64 bits per heavy atom. The average Bonchev–Trinajstić information content (AvgIpc) is 2.55. The van der Waals surface area contributed by atoms with Gasteiger partial charge < -0.3 is 9.64 Å². The first-order valence-electron chi connectivity index (χ1n) is 7.87. The summed E-state index contributed by atoms with van der Waals surface area (Å²) in [4.78, 5) is 2.36. The molecule has 0 aromatic heterocycles. The summed E-state index contributed by atoms with van der Waals surface area (Å²) in [6.07, 6.45) is 2.60. The van der Waals surface area contributed by atoms with Crippen molar-refractivity contribution in [2.45, 2.75) is 25.6 Å². The van der Waals surface area contributed by atoms with E-state index in [0.717, 1.165) is 36.5 Å². The molecule has 0 saturated carbocycles. The fourth-order valence-corrected chi connectivity index (χ4v) is 3.19. The summed E-state index contributed by atoms with van der Waals surface area (Å²) in [5, 5.41) is 0.786. The minimum Gasteiger partial charge on any atom is -0.373 e. The number of piperidine rings is 1. The Labute approximate surface area is 137 Å². The summed E-state index contributed by atoms with van der Waals surface area (Å²) in [6, 6.07) is 16.4. The molecule has 0 unspecified atom stereocenters. The second-order valence-corrected chi connectivity index (χ2v) is 6.36. The summed E-state index contributed by atoms with van der Waals surface area (Å²) in [6.45, 7) is 2.89. The van der Waals surface area contributed by atoms with Crippen LogP contribution in [0.1, 0.15) is 18.4 Å². The molecule has 0 amide bonds. The van der Waals surface area contributed by atoms with Crippen LogP contribution in [0.25, 0.3) is 11.1 Å². The fourth-order valence-electron chi connectivity index (χ4n) is 2.95. The normalized spacial score (nSPS) is 16.8. The van der Waals surface area contributed by atoms with Gasteiger partial charge in [0.15, 0.2) is 0 Å². The summed E-state index contributed by atoms with van der Waals surface area (Å²) < 4.78 is 6.15. The monoisotopic (exact) mass is 315 g/mol. The fraction of sp³-hybridized carbons (Fsp3) is 0.368. The van der Waals surface area contributed by atoms with E-state index >= 15 is 0 Å². The third kappa shape index (κ3) is 3.70. The number of hydrogen-bond acceptors (Lipinski definition) is 2. The van der Waals surface area contributed by atoms with Crippen molar-refractivity contribution in [3.05, 3.63) is 59.1 Å². The molecule has 2 nitrogen and oxygen atoms in total. The maximum atomic E-state index is 6.35. The van der Waals surface area contributed by atoms with E-state index in [9.17, 15) is 0 Å². The minimum absolute atomic E-state index is 0.371. The maximum absolute atomic E-state index is 6.35. The number of likely N-dealkylation sites (tertiary alicyclic amines) is 1. The van der Waals surface area contributed by atoms with Gasteiger partial charge >= 0.3 is 0 Å². The smallest absolute Gasteiger partial charge is 0.0726 e. The van der Waals surface area contributed by atoms with Crippen molar-refractivity contribution in [3.8, 4) is 11.1 Å². The molecule has 116 valence electrons. The Morgan fingerprint density at radius 1 is 1.00 bits per heavy atom. The van der Waals surface area contributed by atoms with Gasteiger partial charge in [0.05, 0.1) is 12.7 Å². The van der Waals surface area contributed by atoms with E-state index in [1.807, 2.05) is 18.2 Å². The molecule has 1 aliphatic rings. The quantitative estimate of drug-likeness (QED) is 0.816. The molecule has 22 heavy (non-hydrogen) atoms. The lowest BCUT2D eigenvalue weighted by Gasteiger charge is -2.29. The van der Waals surface area contributed by atoms with Gasteiger partial charge in [-0.25, -0.2) is 0 Å². The lowest BCUT2D eigenvalue weighted by Crippen LogP contribution is -2.34. The molecule has 0 radical (unpaired) electrons. The highest BCUT2D eigenvalue weighted by molar-refractivity contribution is 6.33. The Balaban J connectivity index is 1.73. The van der Waals surface area contributed by atoms with Gasteiger partial charge in [0.2, 0.25) is 0 Å². The van der Waals surface area contributed by atoms with E-state index in [-0.39, 0.29) is 0 Å². The van der Waals surface area contributed by atoms with Gasteiger partial charge in [-0.15, -0.1) is 0 Å². The molecule has 2 aromatic carbocycles. The highest BCUT2D eigenvalue weighted by atomic mass is 35.5. The third-order valence-electron chi connectivity index (χ3n) is 4.32. The maximum Gasteiger partial charge on any atom is 0.0726 e. The van der Waals surface area contributed by atoms with Gasteiger partial charge in [-0.2, -0.15) is 0 Å². The second kappa shape index (κ2) is 7.28. The van der Waals surface area contributed by atoms with Crippen LogP contribution in [0.15, 0.2) is 48.5 Å². The SMILES string of the molecule is CN1CCC(OCc2ccccc2-c2ccccc2Cl)CC1. The van der Waals surface area contributed by atoms with E-state index in [1.54, 1.807) is 0 Å². The molecular weight excluding hydrogens is 294 g/mol. The Bertz CT molecular complexity index is 620. The molecule has 3 rings (SSSR count). The van der Waals surface area contributed by atoms with Crippen LogP contribution in [-0.2, 0) is 11.3 Å². The van der Waals surface area contributed by atoms with Gasteiger partial charge in [0.1, 0.15) is 0 Å². The molecule has 0 bridgehead atoms. The van der Waals surface area contributed by atoms with E-state index in [0.29, 0.717) is 12.7 Å². The van der Waals surface area contributed by atoms with Crippen molar-refractivity contribution < 1.29 is 4.74 Å². The second-order valence-electron chi connectivity index (χ2n) is 5.95. The summed E-state index contributed by atoms with van der Waals surface area (Å²) in [5.74, 6) is 0. The van der Waals surface area contributed by atoms with Crippen LogP contribution >= 0.6 is 11.6 Å². The van der Waals surface area contributed by atoms with Gasteiger partial charge in [0, 0.05) is 23.7 Å². The summed E-state index contributed by atoms with van der Waals surface area (Å²) in [5.41, 5.74) is 3.45. The van der Waals surface area contributed by atoms with Crippen molar-refractivity contribution in [1.29, 1.82) is 0 Å². The molecule has 1 aliphatic heterocycles. The van der Waals surface area contributed by atoms with Crippen LogP contribution in [0.2, 0.25) is 5.02 Å². The largest absolute Gasteiger partial charge is 0.373 e. The molecule has 3 heteroatoms. The number of rotatable bonds is 4. The molecule has 1 heterocycles.